The highest BCUT2D eigenvalue weighted by atomic mass is 32.2. The molecule has 146 valence electrons. The molecule has 0 unspecified atom stereocenters. The minimum absolute atomic E-state index is 0.0594. The van der Waals surface area contributed by atoms with Gasteiger partial charge in [0, 0.05) is 5.75 Å². The van der Waals surface area contributed by atoms with E-state index in [2.05, 4.69) is 46.7 Å². The van der Waals surface area contributed by atoms with Crippen molar-refractivity contribution >= 4 is 34.1 Å². The summed E-state index contributed by atoms with van der Waals surface area (Å²) in [6.45, 7) is 8.02. The van der Waals surface area contributed by atoms with E-state index in [0.29, 0.717) is 5.13 Å². The SMILES string of the molecule is Cc1cccc(CSc2nnc(NC(=O)COc3c(C)cc(C)cc3C)s2)c1. The zero-order valence-electron chi connectivity index (χ0n) is 16.4. The maximum absolute atomic E-state index is 12.2. The Bertz CT molecular complexity index is 962. The molecule has 0 saturated heterocycles. The van der Waals surface area contributed by atoms with Crippen molar-refractivity contribution in [1.82, 2.24) is 10.2 Å². The summed E-state index contributed by atoms with van der Waals surface area (Å²) in [6, 6.07) is 12.5. The number of nitrogens with one attached hydrogen (secondary N) is 1. The largest absolute Gasteiger partial charge is 0.483 e. The maximum atomic E-state index is 12.2. The molecule has 1 amide bonds. The predicted molar refractivity (Wildman–Crippen MR) is 115 cm³/mol. The molecule has 3 aromatic rings. The summed E-state index contributed by atoms with van der Waals surface area (Å²) in [4.78, 5) is 12.2. The first-order valence-electron chi connectivity index (χ1n) is 8.93. The molecule has 3 rings (SSSR count). The van der Waals surface area contributed by atoms with Crippen LogP contribution >= 0.6 is 23.1 Å². The second-order valence-corrected chi connectivity index (χ2v) is 8.92. The predicted octanol–water partition coefficient (Wildman–Crippen LogP) is 5.08. The Morgan fingerprint density at radius 3 is 2.54 bits per heavy atom. The van der Waals surface area contributed by atoms with Gasteiger partial charge in [-0.05, 0) is 44.4 Å². The topological polar surface area (TPSA) is 64.1 Å². The second-order valence-electron chi connectivity index (χ2n) is 6.72. The summed E-state index contributed by atoms with van der Waals surface area (Å²) in [5.74, 6) is 1.33. The molecule has 0 aliphatic rings. The number of rotatable bonds is 7. The van der Waals surface area contributed by atoms with Crippen LogP contribution in [0.5, 0.6) is 5.75 Å². The van der Waals surface area contributed by atoms with Crippen LogP contribution in [0.15, 0.2) is 40.7 Å². The van der Waals surface area contributed by atoms with E-state index in [1.54, 1.807) is 11.8 Å². The summed E-state index contributed by atoms with van der Waals surface area (Å²) in [6.07, 6.45) is 0. The molecule has 0 radical (unpaired) electrons. The second kappa shape index (κ2) is 9.21. The van der Waals surface area contributed by atoms with Gasteiger partial charge in [-0.2, -0.15) is 0 Å². The van der Waals surface area contributed by atoms with Crippen LogP contribution in [0, 0.1) is 27.7 Å². The molecule has 0 spiro atoms. The van der Waals surface area contributed by atoms with Gasteiger partial charge in [0.15, 0.2) is 10.9 Å². The number of carbonyl (C=O) groups is 1. The van der Waals surface area contributed by atoms with Crippen molar-refractivity contribution in [2.75, 3.05) is 11.9 Å². The molecular formula is C21H23N3O2S2. The van der Waals surface area contributed by atoms with Crippen LogP contribution in [0.1, 0.15) is 27.8 Å². The van der Waals surface area contributed by atoms with Crippen molar-refractivity contribution in [3.8, 4) is 5.75 Å². The molecule has 5 nitrogen and oxygen atoms in total. The fourth-order valence-electron chi connectivity index (χ4n) is 2.95. The lowest BCUT2D eigenvalue weighted by Crippen LogP contribution is -2.20. The molecule has 0 aliphatic heterocycles. The van der Waals surface area contributed by atoms with Crippen molar-refractivity contribution < 1.29 is 9.53 Å². The Morgan fingerprint density at radius 2 is 1.82 bits per heavy atom. The highest BCUT2D eigenvalue weighted by Gasteiger charge is 2.12. The van der Waals surface area contributed by atoms with Gasteiger partial charge in [0.1, 0.15) is 5.75 Å². The van der Waals surface area contributed by atoms with Crippen molar-refractivity contribution in [3.63, 3.8) is 0 Å². The van der Waals surface area contributed by atoms with Crippen LogP contribution in [0.25, 0.3) is 0 Å². The number of ether oxygens (including phenoxy) is 1. The van der Waals surface area contributed by atoms with Crippen LogP contribution < -0.4 is 10.1 Å². The monoisotopic (exact) mass is 413 g/mol. The molecular weight excluding hydrogens is 390 g/mol. The number of thioether (sulfide) groups is 1. The van der Waals surface area contributed by atoms with Crippen LogP contribution in [0.2, 0.25) is 0 Å². The normalized spacial score (nSPS) is 10.7. The molecule has 0 fully saturated rings. The lowest BCUT2D eigenvalue weighted by molar-refractivity contribution is -0.118. The Kier molecular flexibility index (Phi) is 6.70. The minimum Gasteiger partial charge on any atom is -0.483 e. The molecule has 28 heavy (non-hydrogen) atoms. The molecule has 0 saturated carbocycles. The van der Waals surface area contributed by atoms with Crippen LogP contribution in [-0.2, 0) is 10.5 Å². The van der Waals surface area contributed by atoms with Gasteiger partial charge < -0.3 is 4.74 Å². The van der Waals surface area contributed by atoms with Crippen molar-refractivity contribution in [2.45, 2.75) is 37.8 Å². The Morgan fingerprint density at radius 1 is 1.07 bits per heavy atom. The molecule has 1 aromatic heterocycles. The molecule has 0 aliphatic carbocycles. The minimum atomic E-state index is -0.245. The van der Waals surface area contributed by atoms with Crippen LogP contribution in [-0.4, -0.2) is 22.7 Å². The first-order valence-corrected chi connectivity index (χ1v) is 10.7. The van der Waals surface area contributed by atoms with Gasteiger partial charge in [-0.25, -0.2) is 0 Å². The first kappa shape index (κ1) is 20.4. The quantitative estimate of drug-likeness (QED) is 0.432. The number of nitrogens with zero attached hydrogens (tertiary/aromatic N) is 2. The van der Waals surface area contributed by atoms with E-state index in [0.717, 1.165) is 27.0 Å². The number of anilines is 1. The van der Waals surface area contributed by atoms with Crippen molar-refractivity contribution in [3.05, 3.63) is 64.2 Å². The average molecular weight is 414 g/mol. The number of carbonyl (C=O) groups excluding carboxylic acids is 1. The Balaban J connectivity index is 1.51. The van der Waals surface area contributed by atoms with Gasteiger partial charge in [0.05, 0.1) is 0 Å². The Labute approximate surface area is 173 Å². The molecule has 1 N–H and O–H groups in total. The van der Waals surface area contributed by atoms with Gasteiger partial charge in [0.25, 0.3) is 5.91 Å². The third-order valence-corrected chi connectivity index (χ3v) is 6.09. The van der Waals surface area contributed by atoms with Crippen LogP contribution in [0.4, 0.5) is 5.13 Å². The van der Waals surface area contributed by atoms with Gasteiger partial charge in [-0.15, -0.1) is 10.2 Å². The molecule has 7 heteroatoms. The molecule has 1 heterocycles. The van der Waals surface area contributed by atoms with Crippen molar-refractivity contribution in [1.29, 1.82) is 0 Å². The van der Waals surface area contributed by atoms with Gasteiger partial charge in [0.2, 0.25) is 5.13 Å². The lowest BCUT2D eigenvalue weighted by atomic mass is 10.1. The zero-order valence-corrected chi connectivity index (χ0v) is 18.0. The summed E-state index contributed by atoms with van der Waals surface area (Å²) < 4.78 is 6.54. The van der Waals surface area contributed by atoms with E-state index >= 15 is 0 Å². The number of amides is 1. The highest BCUT2D eigenvalue weighted by molar-refractivity contribution is 8.00. The van der Waals surface area contributed by atoms with Gasteiger partial charge in [-0.1, -0.05) is 70.6 Å². The van der Waals surface area contributed by atoms with Gasteiger partial charge >= 0.3 is 0 Å². The number of benzene rings is 2. The molecule has 2 aromatic carbocycles. The zero-order chi connectivity index (χ0) is 20.1. The third kappa shape index (κ3) is 5.56. The lowest BCUT2D eigenvalue weighted by Gasteiger charge is -2.12. The van der Waals surface area contributed by atoms with Gasteiger partial charge in [-0.3, -0.25) is 10.1 Å². The van der Waals surface area contributed by atoms with E-state index < -0.39 is 0 Å². The van der Waals surface area contributed by atoms with E-state index in [4.69, 9.17) is 4.74 Å². The average Bonchev–Trinajstić information content (AvgIpc) is 3.06. The smallest absolute Gasteiger partial charge is 0.264 e. The highest BCUT2D eigenvalue weighted by Crippen LogP contribution is 2.29. The Hall–Kier alpha value is -2.38. The molecule has 0 bridgehead atoms. The summed E-state index contributed by atoms with van der Waals surface area (Å²) in [5.41, 5.74) is 5.70. The fourth-order valence-corrected chi connectivity index (χ4v) is 4.66. The summed E-state index contributed by atoms with van der Waals surface area (Å²) >= 11 is 2.98. The fraction of sp³-hybridized carbons (Fsp3) is 0.286. The number of hydrogen-bond donors (Lipinski definition) is 1. The number of aromatic nitrogens is 2. The number of aryl methyl sites for hydroxylation is 4. The maximum Gasteiger partial charge on any atom is 0.264 e. The standard InChI is InChI=1S/C21H23N3O2S2/c1-13-6-5-7-17(10-13)12-27-21-24-23-20(28-21)22-18(25)11-26-19-15(3)8-14(2)9-16(19)4/h5-10H,11-12H2,1-4H3,(H,22,23,25). The summed E-state index contributed by atoms with van der Waals surface area (Å²) in [5, 5.41) is 11.4. The summed E-state index contributed by atoms with van der Waals surface area (Å²) in [7, 11) is 0. The number of hydrogen-bond acceptors (Lipinski definition) is 6. The van der Waals surface area contributed by atoms with E-state index in [9.17, 15) is 4.79 Å². The third-order valence-electron chi connectivity index (χ3n) is 4.05. The first-order chi connectivity index (χ1) is 13.4. The van der Waals surface area contributed by atoms with E-state index in [1.165, 1.54) is 28.0 Å². The molecule has 0 atom stereocenters. The van der Waals surface area contributed by atoms with Crippen LogP contribution in [0.3, 0.4) is 0 Å². The van der Waals surface area contributed by atoms with Crippen molar-refractivity contribution in [2.24, 2.45) is 0 Å². The van der Waals surface area contributed by atoms with E-state index in [-0.39, 0.29) is 12.5 Å². The van der Waals surface area contributed by atoms with E-state index in [1.807, 2.05) is 32.9 Å².